The number of anilines is 2. The van der Waals surface area contributed by atoms with Crippen molar-refractivity contribution >= 4 is 23.2 Å². The highest BCUT2D eigenvalue weighted by Crippen LogP contribution is 2.37. The fourth-order valence-electron chi connectivity index (χ4n) is 2.91. The van der Waals surface area contributed by atoms with E-state index >= 15 is 0 Å². The maximum absolute atomic E-state index is 13.8. The molecule has 174 valence electrons. The Kier molecular flexibility index (Phi) is 7.16. The van der Waals surface area contributed by atoms with Gasteiger partial charge in [0.1, 0.15) is 11.6 Å². The van der Waals surface area contributed by atoms with E-state index in [9.17, 15) is 27.2 Å². The van der Waals surface area contributed by atoms with Crippen LogP contribution in [0.3, 0.4) is 0 Å². The lowest BCUT2D eigenvalue weighted by Gasteiger charge is -2.18. The van der Waals surface area contributed by atoms with E-state index in [0.717, 1.165) is 18.2 Å². The summed E-state index contributed by atoms with van der Waals surface area (Å²) in [5, 5.41) is 13.2. The van der Waals surface area contributed by atoms with Gasteiger partial charge in [0, 0.05) is 5.69 Å². The SMILES string of the molecule is CC(Oc1ccc(C#N)cc1)C(=O)Nc1ccc(NC(=O)c2ccccc2F)cc1C(F)(F)F. The standard InChI is InChI=1S/C24H17F4N3O3/c1-14(34-17-9-6-15(13-29)7-10-17)22(32)31-21-11-8-16(12-19(21)24(26,27)28)30-23(33)18-4-2-3-5-20(18)25/h2-12,14H,1H3,(H,30,33)(H,31,32). The van der Waals surface area contributed by atoms with E-state index in [4.69, 9.17) is 10.00 Å². The van der Waals surface area contributed by atoms with Gasteiger partial charge in [-0.3, -0.25) is 9.59 Å². The summed E-state index contributed by atoms with van der Waals surface area (Å²) in [7, 11) is 0. The number of nitriles is 1. The van der Waals surface area contributed by atoms with E-state index in [1.54, 1.807) is 0 Å². The normalized spacial score (nSPS) is 11.8. The first-order valence-electron chi connectivity index (χ1n) is 9.83. The van der Waals surface area contributed by atoms with E-state index in [-0.39, 0.29) is 17.0 Å². The number of benzene rings is 3. The number of nitrogens with one attached hydrogen (secondary N) is 2. The van der Waals surface area contributed by atoms with Gasteiger partial charge in [0.25, 0.3) is 11.8 Å². The zero-order valence-corrected chi connectivity index (χ0v) is 17.6. The smallest absolute Gasteiger partial charge is 0.418 e. The van der Waals surface area contributed by atoms with Crippen LogP contribution in [0.1, 0.15) is 28.4 Å². The molecular formula is C24H17F4N3O3. The predicted octanol–water partition coefficient (Wildman–Crippen LogP) is 5.37. The molecular weight excluding hydrogens is 454 g/mol. The lowest BCUT2D eigenvalue weighted by molar-refractivity contribution is -0.137. The lowest BCUT2D eigenvalue weighted by atomic mass is 10.1. The Hall–Kier alpha value is -4.39. The van der Waals surface area contributed by atoms with Crippen LogP contribution in [0.4, 0.5) is 28.9 Å². The number of hydrogen-bond acceptors (Lipinski definition) is 4. The Morgan fingerprint density at radius 3 is 2.29 bits per heavy atom. The molecule has 0 spiro atoms. The van der Waals surface area contributed by atoms with E-state index in [2.05, 4.69) is 10.6 Å². The molecule has 0 bridgehead atoms. The van der Waals surface area contributed by atoms with Gasteiger partial charge in [0.2, 0.25) is 0 Å². The highest BCUT2D eigenvalue weighted by Gasteiger charge is 2.35. The van der Waals surface area contributed by atoms with Gasteiger partial charge < -0.3 is 15.4 Å². The van der Waals surface area contributed by atoms with E-state index in [1.807, 2.05) is 6.07 Å². The molecule has 0 aliphatic rings. The molecule has 1 atom stereocenters. The molecule has 1 unspecified atom stereocenters. The third kappa shape index (κ3) is 5.89. The van der Waals surface area contributed by atoms with Crippen molar-refractivity contribution in [2.75, 3.05) is 10.6 Å². The Morgan fingerprint density at radius 2 is 1.68 bits per heavy atom. The van der Waals surface area contributed by atoms with Crippen LogP contribution in [0.2, 0.25) is 0 Å². The zero-order valence-electron chi connectivity index (χ0n) is 17.6. The van der Waals surface area contributed by atoms with E-state index in [1.165, 1.54) is 49.4 Å². The summed E-state index contributed by atoms with van der Waals surface area (Å²) in [6.45, 7) is 1.35. The van der Waals surface area contributed by atoms with Crippen LogP contribution in [0, 0.1) is 17.1 Å². The van der Waals surface area contributed by atoms with Gasteiger partial charge in [-0.1, -0.05) is 12.1 Å². The van der Waals surface area contributed by atoms with Crippen molar-refractivity contribution in [1.82, 2.24) is 0 Å². The summed E-state index contributed by atoms with van der Waals surface area (Å²) >= 11 is 0. The molecule has 34 heavy (non-hydrogen) atoms. The Bertz CT molecular complexity index is 1250. The fourth-order valence-corrected chi connectivity index (χ4v) is 2.91. The minimum Gasteiger partial charge on any atom is -0.481 e. The van der Waals surface area contributed by atoms with Crippen LogP contribution < -0.4 is 15.4 Å². The van der Waals surface area contributed by atoms with Gasteiger partial charge >= 0.3 is 6.18 Å². The van der Waals surface area contributed by atoms with Gasteiger partial charge in [0.15, 0.2) is 6.10 Å². The van der Waals surface area contributed by atoms with Crippen molar-refractivity contribution in [3.63, 3.8) is 0 Å². The number of ether oxygens (including phenoxy) is 1. The monoisotopic (exact) mass is 471 g/mol. The number of carbonyl (C=O) groups excluding carboxylic acids is 2. The largest absolute Gasteiger partial charge is 0.481 e. The van der Waals surface area contributed by atoms with E-state index < -0.39 is 41.2 Å². The van der Waals surface area contributed by atoms with Crippen LogP contribution in [-0.2, 0) is 11.0 Å². The van der Waals surface area contributed by atoms with Gasteiger partial charge in [-0.05, 0) is 61.5 Å². The van der Waals surface area contributed by atoms with Crippen LogP contribution in [0.15, 0.2) is 66.7 Å². The van der Waals surface area contributed by atoms with Crippen LogP contribution in [-0.4, -0.2) is 17.9 Å². The van der Waals surface area contributed by atoms with Crippen LogP contribution in [0.25, 0.3) is 0 Å². The van der Waals surface area contributed by atoms with Gasteiger partial charge in [-0.15, -0.1) is 0 Å². The van der Waals surface area contributed by atoms with Gasteiger partial charge in [-0.2, -0.15) is 18.4 Å². The number of hydrogen-bond donors (Lipinski definition) is 2. The third-order valence-corrected chi connectivity index (χ3v) is 4.62. The van der Waals surface area contributed by atoms with Crippen molar-refractivity contribution in [2.45, 2.75) is 19.2 Å². The molecule has 10 heteroatoms. The molecule has 3 aromatic carbocycles. The van der Waals surface area contributed by atoms with Gasteiger partial charge in [-0.25, -0.2) is 4.39 Å². The number of nitrogens with zero attached hydrogens (tertiary/aromatic N) is 1. The molecule has 3 rings (SSSR count). The molecule has 0 radical (unpaired) electrons. The molecule has 2 N–H and O–H groups in total. The summed E-state index contributed by atoms with van der Waals surface area (Å²) in [6.07, 6.45) is -6.02. The Labute approximate surface area is 191 Å². The maximum atomic E-state index is 13.8. The molecule has 6 nitrogen and oxygen atoms in total. The number of halogens is 4. The molecule has 3 aromatic rings. The Balaban J connectivity index is 1.77. The maximum Gasteiger partial charge on any atom is 0.418 e. The fraction of sp³-hybridized carbons (Fsp3) is 0.125. The highest BCUT2D eigenvalue weighted by atomic mass is 19.4. The van der Waals surface area contributed by atoms with Crippen molar-refractivity contribution in [1.29, 1.82) is 5.26 Å². The predicted molar refractivity (Wildman–Crippen MR) is 116 cm³/mol. The molecule has 0 aromatic heterocycles. The number of carbonyl (C=O) groups is 2. The molecule has 0 aliphatic heterocycles. The minimum absolute atomic E-state index is 0.236. The first-order chi connectivity index (χ1) is 16.1. The van der Waals surface area contributed by atoms with Crippen LogP contribution in [0.5, 0.6) is 5.75 Å². The van der Waals surface area contributed by atoms with Crippen molar-refractivity contribution in [3.8, 4) is 11.8 Å². The molecule has 0 saturated carbocycles. The van der Waals surface area contributed by atoms with Crippen LogP contribution >= 0.6 is 0 Å². The molecule has 0 aliphatic carbocycles. The second-order valence-corrected chi connectivity index (χ2v) is 7.08. The highest BCUT2D eigenvalue weighted by molar-refractivity contribution is 6.04. The van der Waals surface area contributed by atoms with Crippen molar-refractivity contribution < 1.29 is 31.9 Å². The topological polar surface area (TPSA) is 91.2 Å². The molecule has 0 saturated heterocycles. The molecule has 2 amide bonds. The Morgan fingerprint density at radius 1 is 1.00 bits per heavy atom. The molecule has 0 heterocycles. The minimum atomic E-state index is -4.86. The van der Waals surface area contributed by atoms with Gasteiger partial charge in [0.05, 0.1) is 28.4 Å². The first-order valence-corrected chi connectivity index (χ1v) is 9.83. The number of alkyl halides is 3. The van der Waals surface area contributed by atoms with Crippen molar-refractivity contribution in [2.24, 2.45) is 0 Å². The van der Waals surface area contributed by atoms with E-state index in [0.29, 0.717) is 11.6 Å². The summed E-state index contributed by atoms with van der Waals surface area (Å²) in [5.41, 5.74) is -1.95. The first kappa shape index (κ1) is 24.3. The third-order valence-electron chi connectivity index (χ3n) is 4.62. The summed E-state index contributed by atoms with van der Waals surface area (Å²) < 4.78 is 60.1. The quantitative estimate of drug-likeness (QED) is 0.473. The number of rotatable bonds is 6. The average Bonchev–Trinajstić information content (AvgIpc) is 2.80. The summed E-state index contributed by atoms with van der Waals surface area (Å²) in [4.78, 5) is 24.7. The summed E-state index contributed by atoms with van der Waals surface area (Å²) in [6, 6.07) is 15.6. The van der Waals surface area contributed by atoms with Crippen molar-refractivity contribution in [3.05, 3.63) is 89.2 Å². The number of amides is 2. The summed E-state index contributed by atoms with van der Waals surface area (Å²) in [5.74, 6) is -2.34. The lowest BCUT2D eigenvalue weighted by Crippen LogP contribution is -2.31. The average molecular weight is 471 g/mol. The second kappa shape index (κ2) is 10.0. The molecule has 0 fully saturated rings. The second-order valence-electron chi connectivity index (χ2n) is 7.08. The zero-order chi connectivity index (χ0) is 24.9.